The summed E-state index contributed by atoms with van der Waals surface area (Å²) in [5.41, 5.74) is 2.10. The molecule has 1 saturated carbocycles. The van der Waals surface area contributed by atoms with Crippen LogP contribution in [0.2, 0.25) is 0 Å². The zero-order valence-electron chi connectivity index (χ0n) is 26.6. The number of halogens is 1. The molecule has 1 fully saturated rings. The highest BCUT2D eigenvalue weighted by atomic mass is 19.1. The number of aryl methyl sites for hydroxylation is 1. The van der Waals surface area contributed by atoms with Crippen LogP contribution in [0.3, 0.4) is 0 Å². The molecule has 1 aliphatic carbocycles. The summed E-state index contributed by atoms with van der Waals surface area (Å²) in [6.07, 6.45) is 5.53. The van der Waals surface area contributed by atoms with Gasteiger partial charge in [-0.2, -0.15) is 15.2 Å². The minimum Gasteiger partial charge on any atom is -0.388 e. The summed E-state index contributed by atoms with van der Waals surface area (Å²) < 4.78 is 25.5. The lowest BCUT2D eigenvalue weighted by atomic mass is 9.91. The van der Waals surface area contributed by atoms with Gasteiger partial charge < -0.3 is 9.84 Å². The van der Waals surface area contributed by atoms with Crippen LogP contribution in [-0.4, -0.2) is 57.3 Å². The molecule has 3 aromatic heterocycles. The van der Waals surface area contributed by atoms with Crippen LogP contribution in [0.25, 0.3) is 28.3 Å². The van der Waals surface area contributed by atoms with Gasteiger partial charge in [0.25, 0.3) is 5.56 Å². The van der Waals surface area contributed by atoms with E-state index in [0.717, 1.165) is 25.0 Å². The molecule has 0 saturated heterocycles. The molecular formula is C34H40FN7O4. The van der Waals surface area contributed by atoms with Crippen molar-refractivity contribution >= 4 is 5.78 Å². The first-order valence-electron chi connectivity index (χ1n) is 15.9. The maximum Gasteiger partial charge on any atom is 0.340 e. The van der Waals surface area contributed by atoms with E-state index in [1.165, 1.54) is 12.4 Å². The fraction of sp³-hybridized carbons (Fsp3) is 0.441. The van der Waals surface area contributed by atoms with E-state index < -0.39 is 17.1 Å². The van der Waals surface area contributed by atoms with E-state index in [1.807, 2.05) is 44.2 Å². The third kappa shape index (κ3) is 6.19. The van der Waals surface area contributed by atoms with Gasteiger partial charge in [-0.05, 0) is 75.6 Å². The molecule has 0 amide bonds. The van der Waals surface area contributed by atoms with Gasteiger partial charge in [-0.15, -0.1) is 0 Å². The Morgan fingerprint density at radius 3 is 2.50 bits per heavy atom. The van der Waals surface area contributed by atoms with Crippen LogP contribution >= 0.6 is 0 Å². The van der Waals surface area contributed by atoms with Gasteiger partial charge in [0.15, 0.2) is 5.82 Å². The molecule has 1 unspecified atom stereocenters. The molecule has 1 aliphatic rings. The zero-order chi connectivity index (χ0) is 32.6. The maximum atomic E-state index is 15.9. The number of aromatic amines is 2. The van der Waals surface area contributed by atoms with Crippen LogP contribution in [-0.2, 0) is 17.6 Å². The Morgan fingerprint density at radius 1 is 1.11 bits per heavy atom. The molecule has 242 valence electrons. The monoisotopic (exact) mass is 629 g/mol. The van der Waals surface area contributed by atoms with Gasteiger partial charge in [-0.25, -0.2) is 18.8 Å². The fourth-order valence-corrected chi connectivity index (χ4v) is 6.36. The van der Waals surface area contributed by atoms with Crippen LogP contribution in [0, 0.1) is 5.82 Å². The Hall–Kier alpha value is -4.42. The highest BCUT2D eigenvalue weighted by Crippen LogP contribution is 2.33. The van der Waals surface area contributed by atoms with E-state index in [4.69, 9.17) is 4.74 Å². The second-order valence-electron chi connectivity index (χ2n) is 12.7. The molecule has 5 aromatic rings. The van der Waals surface area contributed by atoms with E-state index in [2.05, 4.69) is 25.3 Å². The van der Waals surface area contributed by atoms with Crippen molar-refractivity contribution in [2.24, 2.45) is 0 Å². The number of H-pyrrole nitrogens is 2. The van der Waals surface area contributed by atoms with E-state index in [9.17, 15) is 14.7 Å². The van der Waals surface area contributed by atoms with E-state index in [-0.39, 0.29) is 30.2 Å². The van der Waals surface area contributed by atoms with E-state index in [1.54, 1.807) is 29.0 Å². The Bertz CT molecular complexity index is 1960. The van der Waals surface area contributed by atoms with Crippen molar-refractivity contribution in [2.75, 3.05) is 0 Å². The average molecular weight is 630 g/mol. The highest BCUT2D eigenvalue weighted by molar-refractivity contribution is 5.80. The molecule has 0 aliphatic heterocycles. The lowest BCUT2D eigenvalue weighted by molar-refractivity contribution is -0.118. The van der Waals surface area contributed by atoms with Crippen molar-refractivity contribution in [1.82, 2.24) is 34.3 Å². The minimum atomic E-state index is -0.942. The van der Waals surface area contributed by atoms with E-state index >= 15 is 4.39 Å². The molecule has 2 aromatic carbocycles. The van der Waals surface area contributed by atoms with Crippen LogP contribution < -0.4 is 11.2 Å². The summed E-state index contributed by atoms with van der Waals surface area (Å²) in [6, 6.07) is 12.2. The van der Waals surface area contributed by atoms with Gasteiger partial charge in [0.1, 0.15) is 12.1 Å². The molecule has 11 nitrogen and oxygen atoms in total. The molecule has 0 bridgehead atoms. The number of nitrogens with zero attached hydrogens (tertiary/aromatic N) is 5. The molecule has 3 N–H and O–H groups in total. The Balaban J connectivity index is 1.33. The number of hydrogen-bond donors (Lipinski definition) is 3. The Morgan fingerprint density at radius 2 is 1.85 bits per heavy atom. The SMILES string of the molecule is CCCc1c(Cc2ccc(-c3ccccc3-c3n[nH]c(=O)[nH]3)cc2F)c(=O)n([C@H]2CC[C@H](OC(C)C(C)(C)O)CC2)c2ncnn12. The second kappa shape index (κ2) is 12.8. The predicted molar refractivity (Wildman–Crippen MR) is 172 cm³/mol. The first kappa shape index (κ1) is 31.6. The van der Waals surface area contributed by atoms with Crippen molar-refractivity contribution < 1.29 is 14.2 Å². The fourth-order valence-electron chi connectivity index (χ4n) is 6.36. The molecule has 1 atom stereocenters. The summed E-state index contributed by atoms with van der Waals surface area (Å²) in [5, 5.41) is 21.2. The molecule has 0 spiro atoms. The van der Waals surface area contributed by atoms with Crippen molar-refractivity contribution in [3.8, 4) is 22.5 Å². The molecule has 6 rings (SSSR count). The summed E-state index contributed by atoms with van der Waals surface area (Å²) >= 11 is 0. The van der Waals surface area contributed by atoms with Gasteiger partial charge in [0, 0.05) is 23.6 Å². The molecule has 3 heterocycles. The summed E-state index contributed by atoms with van der Waals surface area (Å²) in [7, 11) is 0. The summed E-state index contributed by atoms with van der Waals surface area (Å²) in [6.45, 7) is 7.39. The summed E-state index contributed by atoms with van der Waals surface area (Å²) in [4.78, 5) is 33.2. The zero-order valence-corrected chi connectivity index (χ0v) is 26.6. The topological polar surface area (TPSA) is 143 Å². The number of aliphatic hydroxyl groups is 1. The highest BCUT2D eigenvalue weighted by Gasteiger charge is 2.31. The number of hydrogen-bond acceptors (Lipinski definition) is 7. The van der Waals surface area contributed by atoms with Gasteiger partial charge in [0.2, 0.25) is 5.78 Å². The Kier molecular flexibility index (Phi) is 8.75. The largest absolute Gasteiger partial charge is 0.388 e. The van der Waals surface area contributed by atoms with Crippen molar-refractivity contribution in [3.05, 3.63) is 92.3 Å². The standard InChI is InChI=1S/C34H40FN7O4/c1-5-8-29-27(17-22-12-11-21(18-28(22)35)25-9-6-7-10-26(25)30-38-32(44)40-39-30)31(43)41(33-36-19-37-42(29)33)23-13-15-24(16-14-23)46-20(2)34(3,4)45/h6-7,9-12,18-20,23-24,45H,5,8,13-17H2,1-4H3,(H2,38,39,40,44)/t20?,23-,24-. The lowest BCUT2D eigenvalue weighted by Crippen LogP contribution is -2.40. The first-order valence-corrected chi connectivity index (χ1v) is 15.9. The average Bonchev–Trinajstić information content (AvgIpc) is 3.69. The molecule has 0 radical (unpaired) electrons. The number of rotatable bonds is 10. The van der Waals surface area contributed by atoms with Gasteiger partial charge in [-0.1, -0.05) is 49.7 Å². The number of nitrogens with one attached hydrogen (secondary N) is 2. The molecule has 46 heavy (non-hydrogen) atoms. The van der Waals surface area contributed by atoms with Gasteiger partial charge >= 0.3 is 5.69 Å². The number of aromatic nitrogens is 7. The second-order valence-corrected chi connectivity index (χ2v) is 12.7. The van der Waals surface area contributed by atoms with Crippen molar-refractivity contribution in [2.45, 2.75) is 96.5 Å². The number of ether oxygens (including phenoxy) is 1. The van der Waals surface area contributed by atoms with Crippen LogP contribution in [0.15, 0.2) is 58.4 Å². The predicted octanol–water partition coefficient (Wildman–Crippen LogP) is 4.98. The van der Waals surface area contributed by atoms with Crippen LogP contribution in [0.4, 0.5) is 4.39 Å². The minimum absolute atomic E-state index is 0.00730. The normalized spacial score (nSPS) is 17.9. The molecular weight excluding hydrogens is 589 g/mol. The maximum absolute atomic E-state index is 15.9. The summed E-state index contributed by atoms with van der Waals surface area (Å²) in [5.74, 6) is 0.423. The van der Waals surface area contributed by atoms with Crippen LogP contribution in [0.1, 0.15) is 82.7 Å². The van der Waals surface area contributed by atoms with Gasteiger partial charge in [-0.3, -0.25) is 14.3 Å². The van der Waals surface area contributed by atoms with Crippen molar-refractivity contribution in [3.63, 3.8) is 0 Å². The number of fused-ring (bicyclic) bond motifs is 1. The Labute approximate surface area is 265 Å². The number of benzene rings is 2. The third-order valence-electron chi connectivity index (χ3n) is 9.13. The quantitative estimate of drug-likeness (QED) is 0.198. The lowest BCUT2D eigenvalue weighted by Gasteiger charge is -2.35. The van der Waals surface area contributed by atoms with E-state index in [0.29, 0.717) is 58.7 Å². The smallest absolute Gasteiger partial charge is 0.340 e. The van der Waals surface area contributed by atoms with Gasteiger partial charge in [0.05, 0.1) is 23.5 Å². The van der Waals surface area contributed by atoms with Crippen molar-refractivity contribution in [1.29, 1.82) is 0 Å². The molecule has 12 heteroatoms. The first-order chi connectivity index (χ1) is 22.0. The van der Waals surface area contributed by atoms with Crippen LogP contribution in [0.5, 0.6) is 0 Å². The third-order valence-corrected chi connectivity index (χ3v) is 9.13.